The Labute approximate surface area is 111 Å². The molecule has 2 rings (SSSR count). The fourth-order valence-corrected chi connectivity index (χ4v) is 2.56. The second-order valence-corrected chi connectivity index (χ2v) is 5.99. The van der Waals surface area contributed by atoms with Crippen LogP contribution in [0.3, 0.4) is 0 Å². The van der Waals surface area contributed by atoms with Gasteiger partial charge in [-0.2, -0.15) is 0 Å². The van der Waals surface area contributed by atoms with Crippen LogP contribution >= 0.6 is 11.8 Å². The molecule has 1 aromatic rings. The summed E-state index contributed by atoms with van der Waals surface area (Å²) in [5, 5.41) is 3.52. The number of aliphatic imine (C=N–C) groups is 1. The molecule has 4 nitrogen and oxygen atoms in total. The van der Waals surface area contributed by atoms with Gasteiger partial charge in [0.25, 0.3) is 0 Å². The summed E-state index contributed by atoms with van der Waals surface area (Å²) in [5.74, 6) is 0.588. The number of carbonyl (C=O) groups is 1. The lowest BCUT2D eigenvalue weighted by molar-refractivity contribution is 0.251. The molecule has 1 heterocycles. The van der Waals surface area contributed by atoms with Crippen molar-refractivity contribution in [1.29, 1.82) is 0 Å². The maximum absolute atomic E-state index is 12.0. The van der Waals surface area contributed by atoms with Crippen LogP contribution in [-0.2, 0) is 0 Å². The molecule has 1 aromatic carbocycles. The number of nitrogens with one attached hydrogen (secondary N) is 1. The monoisotopic (exact) mass is 263 g/mol. The third kappa shape index (κ3) is 3.26. The van der Waals surface area contributed by atoms with E-state index in [0.717, 1.165) is 5.69 Å². The van der Waals surface area contributed by atoms with E-state index in [4.69, 9.17) is 0 Å². The lowest BCUT2D eigenvalue weighted by Crippen LogP contribution is -2.47. The first kappa shape index (κ1) is 13.0. The van der Waals surface area contributed by atoms with Crippen LogP contribution in [0.15, 0.2) is 35.3 Å². The van der Waals surface area contributed by atoms with Gasteiger partial charge in [0.2, 0.25) is 0 Å². The molecule has 5 heteroatoms. The first-order valence-corrected chi connectivity index (χ1v) is 6.80. The molecule has 0 radical (unpaired) electrons. The molecule has 0 atom stereocenters. The lowest BCUT2D eigenvalue weighted by Gasteiger charge is -2.28. The number of benzene rings is 1. The average Bonchev–Trinajstić information content (AvgIpc) is 2.28. The normalized spacial score (nSPS) is 18.9. The van der Waals surface area contributed by atoms with Crippen molar-refractivity contribution in [2.24, 2.45) is 4.99 Å². The second kappa shape index (κ2) is 5.02. The third-order valence-corrected chi connectivity index (χ3v) is 3.15. The number of amides is 2. The molecule has 1 fully saturated rings. The van der Waals surface area contributed by atoms with Crippen molar-refractivity contribution in [3.8, 4) is 0 Å². The molecule has 1 N–H and O–H groups in total. The van der Waals surface area contributed by atoms with Gasteiger partial charge in [-0.25, -0.2) is 4.79 Å². The molecule has 0 spiro atoms. The van der Waals surface area contributed by atoms with Gasteiger partial charge in [0.15, 0.2) is 5.17 Å². The Morgan fingerprint density at radius 1 is 1.28 bits per heavy atom. The molecule has 18 heavy (non-hydrogen) atoms. The molecule has 1 saturated heterocycles. The molecule has 96 valence electrons. The SMILES string of the molecule is CC(C)(C)N=C1NC(=O)N(c2ccccc2)CS1. The summed E-state index contributed by atoms with van der Waals surface area (Å²) < 4.78 is 0. The molecule has 0 saturated carbocycles. The Balaban J connectivity index is 2.11. The highest BCUT2D eigenvalue weighted by molar-refractivity contribution is 8.14. The molecule has 1 aliphatic rings. The molecule has 0 bridgehead atoms. The van der Waals surface area contributed by atoms with Gasteiger partial charge >= 0.3 is 6.03 Å². The number of nitrogens with zero attached hydrogens (tertiary/aromatic N) is 2. The van der Waals surface area contributed by atoms with Gasteiger partial charge in [-0.3, -0.25) is 15.2 Å². The Bertz CT molecular complexity index is 465. The van der Waals surface area contributed by atoms with E-state index >= 15 is 0 Å². The molecule has 1 aliphatic heterocycles. The average molecular weight is 263 g/mol. The number of para-hydroxylation sites is 1. The summed E-state index contributed by atoms with van der Waals surface area (Å²) >= 11 is 1.54. The van der Waals surface area contributed by atoms with Crippen LogP contribution in [-0.4, -0.2) is 22.6 Å². The van der Waals surface area contributed by atoms with Gasteiger partial charge in [0.05, 0.1) is 11.4 Å². The van der Waals surface area contributed by atoms with E-state index in [0.29, 0.717) is 11.0 Å². The molecule has 0 unspecified atom stereocenters. The van der Waals surface area contributed by atoms with Gasteiger partial charge in [-0.1, -0.05) is 30.0 Å². The Morgan fingerprint density at radius 2 is 1.94 bits per heavy atom. The summed E-state index contributed by atoms with van der Waals surface area (Å²) in [6, 6.07) is 9.50. The summed E-state index contributed by atoms with van der Waals surface area (Å²) in [6.07, 6.45) is 0. The van der Waals surface area contributed by atoms with Crippen LogP contribution in [0.5, 0.6) is 0 Å². The van der Waals surface area contributed by atoms with Crippen molar-refractivity contribution >= 4 is 28.6 Å². The van der Waals surface area contributed by atoms with Gasteiger partial charge in [0.1, 0.15) is 0 Å². The van der Waals surface area contributed by atoms with Crippen molar-refractivity contribution in [1.82, 2.24) is 5.32 Å². The fourth-order valence-electron chi connectivity index (χ4n) is 1.54. The number of urea groups is 1. The van der Waals surface area contributed by atoms with Crippen molar-refractivity contribution in [3.05, 3.63) is 30.3 Å². The topological polar surface area (TPSA) is 44.7 Å². The van der Waals surface area contributed by atoms with Crippen molar-refractivity contribution < 1.29 is 4.79 Å². The zero-order valence-electron chi connectivity index (χ0n) is 10.8. The van der Waals surface area contributed by atoms with Crippen LogP contribution in [0.2, 0.25) is 0 Å². The predicted octanol–water partition coefficient (Wildman–Crippen LogP) is 3.06. The smallest absolute Gasteiger partial charge is 0.287 e. The van der Waals surface area contributed by atoms with E-state index in [1.54, 1.807) is 16.7 Å². The number of carbonyl (C=O) groups excluding carboxylic acids is 1. The maximum Gasteiger partial charge on any atom is 0.328 e. The first-order valence-electron chi connectivity index (χ1n) is 5.82. The van der Waals surface area contributed by atoms with E-state index in [1.165, 1.54) is 0 Å². The highest BCUT2D eigenvalue weighted by Gasteiger charge is 2.24. The maximum atomic E-state index is 12.0. The van der Waals surface area contributed by atoms with Gasteiger partial charge in [-0.05, 0) is 32.9 Å². The summed E-state index contributed by atoms with van der Waals surface area (Å²) in [4.78, 5) is 18.2. The number of hydrogen-bond donors (Lipinski definition) is 1. The molecule has 2 amide bonds. The molecule has 0 aromatic heterocycles. The Hall–Kier alpha value is -1.49. The van der Waals surface area contributed by atoms with Gasteiger partial charge in [0, 0.05) is 5.69 Å². The van der Waals surface area contributed by atoms with E-state index in [-0.39, 0.29) is 11.6 Å². The minimum Gasteiger partial charge on any atom is -0.287 e. The van der Waals surface area contributed by atoms with E-state index in [9.17, 15) is 4.79 Å². The van der Waals surface area contributed by atoms with E-state index < -0.39 is 0 Å². The number of anilines is 1. The standard InChI is InChI=1S/C13H17N3OS/c1-13(2,3)15-11-14-12(17)16(9-18-11)10-7-5-4-6-8-10/h4-8H,9H2,1-3H3,(H,14,15,17). The summed E-state index contributed by atoms with van der Waals surface area (Å²) in [7, 11) is 0. The van der Waals surface area contributed by atoms with Crippen LogP contribution in [0.25, 0.3) is 0 Å². The predicted molar refractivity (Wildman–Crippen MR) is 77.1 cm³/mol. The number of thioether (sulfide) groups is 1. The van der Waals surface area contributed by atoms with E-state index in [2.05, 4.69) is 10.3 Å². The number of rotatable bonds is 1. The Morgan fingerprint density at radius 3 is 2.50 bits per heavy atom. The zero-order valence-corrected chi connectivity index (χ0v) is 11.6. The van der Waals surface area contributed by atoms with Crippen LogP contribution in [0, 0.1) is 0 Å². The summed E-state index contributed by atoms with van der Waals surface area (Å²) in [5.41, 5.74) is 0.724. The van der Waals surface area contributed by atoms with Crippen LogP contribution in [0.4, 0.5) is 10.5 Å². The quantitative estimate of drug-likeness (QED) is 0.846. The summed E-state index contributed by atoms with van der Waals surface area (Å²) in [6.45, 7) is 6.03. The van der Waals surface area contributed by atoms with Crippen LogP contribution in [0.1, 0.15) is 20.8 Å². The van der Waals surface area contributed by atoms with Crippen molar-refractivity contribution in [3.63, 3.8) is 0 Å². The fraction of sp³-hybridized carbons (Fsp3) is 0.385. The Kier molecular flexibility index (Phi) is 3.61. The molecule has 0 aliphatic carbocycles. The second-order valence-electron chi connectivity index (χ2n) is 5.05. The highest BCUT2D eigenvalue weighted by atomic mass is 32.2. The minimum absolute atomic E-state index is 0.122. The number of amidine groups is 1. The largest absolute Gasteiger partial charge is 0.328 e. The molecular formula is C13H17N3OS. The van der Waals surface area contributed by atoms with Gasteiger partial charge in [-0.15, -0.1) is 0 Å². The minimum atomic E-state index is -0.176. The van der Waals surface area contributed by atoms with Crippen molar-refractivity contribution in [2.45, 2.75) is 26.3 Å². The lowest BCUT2D eigenvalue weighted by atomic mass is 10.1. The third-order valence-electron chi connectivity index (χ3n) is 2.29. The zero-order chi connectivity index (χ0) is 13.2. The van der Waals surface area contributed by atoms with Crippen molar-refractivity contribution in [2.75, 3.05) is 10.8 Å². The first-order chi connectivity index (χ1) is 8.46. The van der Waals surface area contributed by atoms with Crippen LogP contribution < -0.4 is 10.2 Å². The highest BCUT2D eigenvalue weighted by Crippen LogP contribution is 2.22. The van der Waals surface area contributed by atoms with Gasteiger partial charge < -0.3 is 0 Å². The molecular weight excluding hydrogens is 246 g/mol. The number of hydrogen-bond acceptors (Lipinski definition) is 3. The van der Waals surface area contributed by atoms with E-state index in [1.807, 2.05) is 51.1 Å².